The minimum Gasteiger partial charge on any atom is -0.493 e. The minimum atomic E-state index is -0.301. The molecule has 1 aliphatic heterocycles. The van der Waals surface area contributed by atoms with Crippen LogP contribution in [0.4, 0.5) is 4.39 Å². The van der Waals surface area contributed by atoms with Crippen LogP contribution in [0, 0.1) is 5.82 Å². The third kappa shape index (κ3) is 4.85. The van der Waals surface area contributed by atoms with E-state index in [-0.39, 0.29) is 5.82 Å². The Morgan fingerprint density at radius 3 is 2.78 bits per heavy atom. The zero-order valence-electron chi connectivity index (χ0n) is 18.5. The van der Waals surface area contributed by atoms with Crippen molar-refractivity contribution in [1.82, 2.24) is 10.1 Å². The van der Waals surface area contributed by atoms with Crippen molar-refractivity contribution < 1.29 is 18.4 Å². The average molecular weight is 441 g/mol. The van der Waals surface area contributed by atoms with Crippen LogP contribution in [-0.4, -0.2) is 49.1 Å². The number of methoxy groups -OCH3 is 1. The number of hydrogen-bond acceptors (Lipinski definition) is 7. The van der Waals surface area contributed by atoms with Crippen molar-refractivity contribution in [3.8, 4) is 11.5 Å². The van der Waals surface area contributed by atoms with Gasteiger partial charge in [-0.15, -0.1) is 0 Å². The summed E-state index contributed by atoms with van der Waals surface area (Å²) in [5.41, 5.74) is 3.12. The Labute approximate surface area is 187 Å². The second-order valence-corrected chi connectivity index (χ2v) is 8.11. The lowest BCUT2D eigenvalue weighted by atomic mass is 9.91. The van der Waals surface area contributed by atoms with Gasteiger partial charge in [-0.2, -0.15) is 5.10 Å². The molecule has 0 radical (unpaired) electrons. The molecule has 2 heterocycles. The third-order valence-electron chi connectivity index (χ3n) is 6.09. The Bertz CT molecular complexity index is 1090. The standard InChI is InChI=1S/C24H29FN4O3/c1-16(27-26)18-4-7-21(23(14-18)30-2)31-13-3-10-29-11-8-17(9-12-29)24-20-6-5-19(25)15-22(20)32-28-24/h4-7,14-15,17H,3,8-13,26H2,1-2H3/b27-16+. The molecule has 0 amide bonds. The van der Waals surface area contributed by atoms with Crippen molar-refractivity contribution in [3.63, 3.8) is 0 Å². The lowest BCUT2D eigenvalue weighted by Crippen LogP contribution is -2.34. The maximum atomic E-state index is 13.4. The number of aromatic nitrogens is 1. The van der Waals surface area contributed by atoms with Gasteiger partial charge in [-0.1, -0.05) is 5.16 Å². The van der Waals surface area contributed by atoms with Gasteiger partial charge in [0.25, 0.3) is 0 Å². The summed E-state index contributed by atoms with van der Waals surface area (Å²) in [6, 6.07) is 10.3. The predicted molar refractivity (Wildman–Crippen MR) is 122 cm³/mol. The molecule has 1 fully saturated rings. The summed E-state index contributed by atoms with van der Waals surface area (Å²) >= 11 is 0. The highest BCUT2D eigenvalue weighted by Gasteiger charge is 2.25. The van der Waals surface area contributed by atoms with Gasteiger partial charge in [-0.05, 0) is 69.6 Å². The van der Waals surface area contributed by atoms with E-state index >= 15 is 0 Å². The van der Waals surface area contributed by atoms with E-state index in [4.69, 9.17) is 19.8 Å². The van der Waals surface area contributed by atoms with Gasteiger partial charge in [0.1, 0.15) is 5.82 Å². The van der Waals surface area contributed by atoms with Crippen molar-refractivity contribution in [3.05, 3.63) is 53.5 Å². The highest BCUT2D eigenvalue weighted by atomic mass is 19.1. The van der Waals surface area contributed by atoms with E-state index in [1.165, 1.54) is 12.1 Å². The normalized spacial score (nSPS) is 15.9. The van der Waals surface area contributed by atoms with Crippen LogP contribution in [0.15, 0.2) is 46.0 Å². The number of rotatable bonds is 8. The first-order chi connectivity index (χ1) is 15.6. The summed E-state index contributed by atoms with van der Waals surface area (Å²) < 4.78 is 30.1. The number of benzene rings is 2. The third-order valence-corrected chi connectivity index (χ3v) is 6.09. The monoisotopic (exact) mass is 440 g/mol. The molecule has 32 heavy (non-hydrogen) atoms. The van der Waals surface area contributed by atoms with Gasteiger partial charge in [0.05, 0.1) is 25.1 Å². The fourth-order valence-corrected chi connectivity index (χ4v) is 4.21. The van der Waals surface area contributed by atoms with Crippen LogP contribution < -0.4 is 15.3 Å². The highest BCUT2D eigenvalue weighted by Crippen LogP contribution is 2.33. The number of nitrogens with two attached hydrogens (primary N) is 1. The van der Waals surface area contributed by atoms with Crippen LogP contribution in [0.25, 0.3) is 11.0 Å². The van der Waals surface area contributed by atoms with Crippen molar-refractivity contribution in [2.75, 3.05) is 33.4 Å². The van der Waals surface area contributed by atoms with Crippen LogP contribution in [0.5, 0.6) is 11.5 Å². The Morgan fingerprint density at radius 1 is 1.22 bits per heavy atom. The molecule has 0 atom stereocenters. The first-order valence-corrected chi connectivity index (χ1v) is 10.9. The number of nitrogens with zero attached hydrogens (tertiary/aromatic N) is 3. The molecule has 0 unspecified atom stereocenters. The Balaban J connectivity index is 1.24. The lowest BCUT2D eigenvalue weighted by Gasteiger charge is -2.31. The molecule has 1 aliphatic rings. The molecule has 0 saturated carbocycles. The predicted octanol–water partition coefficient (Wildman–Crippen LogP) is 4.31. The quantitative estimate of drug-likeness (QED) is 0.243. The number of fused-ring (bicyclic) bond motifs is 1. The number of likely N-dealkylation sites (tertiary alicyclic amines) is 1. The lowest BCUT2D eigenvalue weighted by molar-refractivity contribution is 0.189. The molecule has 1 saturated heterocycles. The van der Waals surface area contributed by atoms with Crippen LogP contribution >= 0.6 is 0 Å². The maximum absolute atomic E-state index is 13.4. The van der Waals surface area contributed by atoms with Gasteiger partial charge in [-0.25, -0.2) is 4.39 Å². The van der Waals surface area contributed by atoms with Gasteiger partial charge >= 0.3 is 0 Å². The number of piperidine rings is 1. The van der Waals surface area contributed by atoms with E-state index in [0.29, 0.717) is 29.6 Å². The second-order valence-electron chi connectivity index (χ2n) is 8.11. The van der Waals surface area contributed by atoms with Gasteiger partial charge < -0.3 is 24.7 Å². The Hall–Kier alpha value is -3.13. The van der Waals surface area contributed by atoms with E-state index in [1.807, 2.05) is 25.1 Å². The van der Waals surface area contributed by atoms with E-state index in [0.717, 1.165) is 61.3 Å². The van der Waals surface area contributed by atoms with E-state index in [9.17, 15) is 4.39 Å². The SMILES string of the molecule is COc1cc(/C(C)=N/N)ccc1OCCCN1CCC(c2noc3cc(F)ccc23)CC1. The number of halogens is 1. The number of hydrogen-bond donors (Lipinski definition) is 1. The van der Waals surface area contributed by atoms with Gasteiger partial charge in [0.2, 0.25) is 0 Å². The summed E-state index contributed by atoms with van der Waals surface area (Å²) in [6.07, 6.45) is 2.94. The molecule has 4 rings (SSSR count). The maximum Gasteiger partial charge on any atom is 0.170 e. The van der Waals surface area contributed by atoms with Crippen molar-refractivity contribution in [2.24, 2.45) is 10.9 Å². The molecule has 3 aromatic rings. The number of ether oxygens (including phenoxy) is 2. The largest absolute Gasteiger partial charge is 0.493 e. The molecular formula is C24H29FN4O3. The summed E-state index contributed by atoms with van der Waals surface area (Å²) in [5, 5.41) is 8.87. The molecule has 2 N–H and O–H groups in total. The molecule has 2 aromatic carbocycles. The zero-order valence-corrected chi connectivity index (χ0v) is 18.5. The Kier molecular flexibility index (Phi) is 6.90. The molecule has 0 spiro atoms. The summed E-state index contributed by atoms with van der Waals surface area (Å²) in [5.74, 6) is 6.79. The zero-order chi connectivity index (χ0) is 22.5. The topological polar surface area (TPSA) is 86.1 Å². The first-order valence-electron chi connectivity index (χ1n) is 10.9. The van der Waals surface area contributed by atoms with Gasteiger partial charge in [0.15, 0.2) is 17.1 Å². The van der Waals surface area contributed by atoms with Gasteiger partial charge in [-0.3, -0.25) is 0 Å². The summed E-state index contributed by atoms with van der Waals surface area (Å²) in [7, 11) is 1.62. The molecule has 0 bridgehead atoms. The van der Waals surface area contributed by atoms with Crippen molar-refractivity contribution in [2.45, 2.75) is 32.1 Å². The molecule has 1 aromatic heterocycles. The van der Waals surface area contributed by atoms with E-state index < -0.39 is 0 Å². The first kappa shape index (κ1) is 22.1. The Morgan fingerprint density at radius 2 is 2.03 bits per heavy atom. The average Bonchev–Trinajstić information content (AvgIpc) is 3.24. The van der Waals surface area contributed by atoms with Crippen molar-refractivity contribution >= 4 is 16.7 Å². The summed E-state index contributed by atoms with van der Waals surface area (Å²) in [4.78, 5) is 2.45. The van der Waals surface area contributed by atoms with Crippen LogP contribution in [-0.2, 0) is 0 Å². The molecular weight excluding hydrogens is 411 g/mol. The van der Waals surface area contributed by atoms with Crippen LogP contribution in [0.1, 0.15) is 43.4 Å². The van der Waals surface area contributed by atoms with Crippen molar-refractivity contribution in [1.29, 1.82) is 0 Å². The van der Waals surface area contributed by atoms with Gasteiger partial charge in [0, 0.05) is 29.5 Å². The summed E-state index contributed by atoms with van der Waals surface area (Å²) in [6.45, 7) is 5.42. The molecule has 170 valence electrons. The smallest absolute Gasteiger partial charge is 0.170 e. The fourth-order valence-electron chi connectivity index (χ4n) is 4.21. The van der Waals surface area contributed by atoms with E-state index in [1.54, 1.807) is 13.2 Å². The highest BCUT2D eigenvalue weighted by molar-refractivity contribution is 5.99. The molecule has 0 aliphatic carbocycles. The van der Waals surface area contributed by atoms with Crippen LogP contribution in [0.3, 0.4) is 0 Å². The second kappa shape index (κ2) is 9.99. The molecule has 8 heteroatoms. The number of hydrazone groups is 1. The van der Waals surface area contributed by atoms with Crippen LogP contribution in [0.2, 0.25) is 0 Å². The van der Waals surface area contributed by atoms with E-state index in [2.05, 4.69) is 15.2 Å². The minimum absolute atomic E-state index is 0.301. The fraction of sp³-hybridized carbons (Fsp3) is 0.417. The molecule has 7 nitrogen and oxygen atoms in total.